The molecule has 0 amide bonds. The van der Waals surface area contributed by atoms with Gasteiger partial charge in [-0.2, -0.15) is 0 Å². The highest BCUT2D eigenvalue weighted by molar-refractivity contribution is 6.75. The maximum absolute atomic E-state index is 5.64. The van der Waals surface area contributed by atoms with Crippen LogP contribution >= 0.6 is 58.0 Å². The summed E-state index contributed by atoms with van der Waals surface area (Å²) in [6.45, 7) is 3.54. The van der Waals surface area contributed by atoms with Crippen LogP contribution in [-0.2, 0) is 0 Å². The number of rotatable bonds is 2. The van der Waals surface area contributed by atoms with Crippen LogP contribution in [0.5, 0.6) is 0 Å². The summed E-state index contributed by atoms with van der Waals surface area (Å²) in [5.41, 5.74) is 0. The van der Waals surface area contributed by atoms with Crippen LogP contribution in [0.15, 0.2) is 0 Å². The smallest absolute Gasteiger partial charge is 0.0969 e. The van der Waals surface area contributed by atoms with E-state index in [0.29, 0.717) is 12.8 Å². The van der Waals surface area contributed by atoms with Gasteiger partial charge in [-0.15, -0.1) is 0 Å². The third-order valence-electron chi connectivity index (χ3n) is 0.905. The molecule has 0 aromatic heterocycles. The highest BCUT2D eigenvalue weighted by Gasteiger charge is 2.44. The molecule has 0 fully saturated rings. The lowest BCUT2D eigenvalue weighted by atomic mass is 10.2. The third kappa shape index (κ3) is 3.23. The number of halogens is 5. The zero-order chi connectivity index (χ0) is 8.41. The van der Waals surface area contributed by atoms with Crippen LogP contribution in [-0.4, -0.2) is 8.13 Å². The molecule has 0 nitrogen and oxygen atoms in total. The van der Waals surface area contributed by atoms with Gasteiger partial charge in [0, 0.05) is 0 Å². The zero-order valence-electron chi connectivity index (χ0n) is 5.01. The summed E-state index contributed by atoms with van der Waals surface area (Å²) in [6.07, 6.45) is 0.882. The molecule has 0 atom stereocenters. The van der Waals surface area contributed by atoms with Gasteiger partial charge in [-0.05, 0) is 6.42 Å². The fraction of sp³-hybridized carbons (Fsp3) is 0.800. The topological polar surface area (TPSA) is 0 Å². The van der Waals surface area contributed by atoms with Gasteiger partial charge < -0.3 is 0 Å². The highest BCUT2D eigenvalue weighted by Crippen LogP contribution is 2.48. The van der Waals surface area contributed by atoms with Crippen LogP contribution < -0.4 is 0 Å². The monoisotopic (exact) mass is 241 g/mol. The molecular weight excluding hydrogens is 237 g/mol. The average molecular weight is 243 g/mol. The van der Waals surface area contributed by atoms with Crippen molar-refractivity contribution in [2.75, 3.05) is 0 Å². The van der Waals surface area contributed by atoms with Crippen molar-refractivity contribution < 1.29 is 0 Å². The predicted octanol–water partition coefficient (Wildman–Crippen LogP) is 4.14. The minimum Gasteiger partial charge on any atom is -0.0969 e. The largest absolute Gasteiger partial charge is 0.223 e. The second kappa shape index (κ2) is 3.91. The Morgan fingerprint density at radius 2 is 1.40 bits per heavy atom. The number of hydrogen-bond acceptors (Lipinski definition) is 0. The molecule has 61 valence electrons. The summed E-state index contributed by atoms with van der Waals surface area (Å²) in [5.74, 6) is 0. The quantitative estimate of drug-likeness (QED) is 0.639. The first-order chi connectivity index (χ1) is 4.31. The lowest BCUT2D eigenvalue weighted by Gasteiger charge is -2.26. The van der Waals surface area contributed by atoms with E-state index >= 15 is 0 Å². The van der Waals surface area contributed by atoms with Gasteiger partial charge in [0.15, 0.2) is 4.33 Å². The van der Waals surface area contributed by atoms with Crippen LogP contribution in [0.4, 0.5) is 0 Å². The molecule has 0 N–H and O–H groups in total. The Bertz CT molecular complexity index is 103. The first-order valence-electron chi connectivity index (χ1n) is 2.55. The van der Waals surface area contributed by atoms with Crippen molar-refractivity contribution in [1.82, 2.24) is 0 Å². The predicted molar refractivity (Wildman–Crippen MR) is 49.3 cm³/mol. The summed E-state index contributed by atoms with van der Waals surface area (Å²) in [5, 5.41) is 0. The second-order valence-electron chi connectivity index (χ2n) is 1.81. The van der Waals surface area contributed by atoms with Crippen LogP contribution in [0.3, 0.4) is 0 Å². The van der Waals surface area contributed by atoms with Crippen molar-refractivity contribution in [3.8, 4) is 0 Å². The Kier molecular flexibility index (Phi) is 4.48. The Balaban J connectivity index is 4.10. The molecule has 0 unspecified atom stereocenters. The standard InChI is InChI=1S/C5H6Cl5/c1-2-3-4(6,7)5(8,9)10/h1-3H2. The van der Waals surface area contributed by atoms with Crippen LogP contribution in [0, 0.1) is 6.92 Å². The zero-order valence-corrected chi connectivity index (χ0v) is 8.79. The fourth-order valence-electron chi connectivity index (χ4n) is 0.364. The van der Waals surface area contributed by atoms with E-state index in [2.05, 4.69) is 6.92 Å². The molecule has 0 spiro atoms. The van der Waals surface area contributed by atoms with Gasteiger partial charge in [-0.1, -0.05) is 71.3 Å². The average Bonchev–Trinajstić information content (AvgIpc) is 1.61. The van der Waals surface area contributed by atoms with Crippen molar-refractivity contribution in [2.24, 2.45) is 0 Å². The summed E-state index contributed by atoms with van der Waals surface area (Å²) < 4.78 is -2.98. The van der Waals surface area contributed by atoms with E-state index in [1.54, 1.807) is 0 Å². The fourth-order valence-corrected chi connectivity index (χ4v) is 0.914. The van der Waals surface area contributed by atoms with Crippen LogP contribution in [0.25, 0.3) is 0 Å². The minimum absolute atomic E-state index is 0.354. The van der Waals surface area contributed by atoms with Crippen molar-refractivity contribution in [1.29, 1.82) is 0 Å². The van der Waals surface area contributed by atoms with Crippen molar-refractivity contribution in [3.05, 3.63) is 6.92 Å². The maximum Gasteiger partial charge on any atom is 0.223 e. The first-order valence-corrected chi connectivity index (χ1v) is 4.44. The Morgan fingerprint density at radius 1 is 1.00 bits per heavy atom. The van der Waals surface area contributed by atoms with Gasteiger partial charge in [-0.25, -0.2) is 0 Å². The summed E-state index contributed by atoms with van der Waals surface area (Å²) >= 11 is 27.6. The lowest BCUT2D eigenvalue weighted by molar-refractivity contribution is 0.714. The van der Waals surface area contributed by atoms with Gasteiger partial charge in [0.05, 0.1) is 0 Å². The first kappa shape index (κ1) is 11.4. The van der Waals surface area contributed by atoms with Crippen molar-refractivity contribution >= 4 is 58.0 Å². The van der Waals surface area contributed by atoms with Gasteiger partial charge in [-0.3, -0.25) is 0 Å². The Labute approximate surface area is 85.7 Å². The Morgan fingerprint density at radius 3 is 1.50 bits per heavy atom. The van der Waals surface area contributed by atoms with Crippen molar-refractivity contribution in [3.63, 3.8) is 0 Å². The van der Waals surface area contributed by atoms with Crippen LogP contribution in [0.1, 0.15) is 12.8 Å². The van der Waals surface area contributed by atoms with E-state index in [9.17, 15) is 0 Å². The lowest BCUT2D eigenvalue weighted by Crippen LogP contribution is -2.30. The van der Waals surface area contributed by atoms with Gasteiger partial charge in [0.25, 0.3) is 0 Å². The maximum atomic E-state index is 5.64. The molecule has 0 heterocycles. The molecule has 0 aliphatic rings. The summed E-state index contributed by atoms with van der Waals surface area (Å²) in [7, 11) is 0. The molecule has 0 aliphatic carbocycles. The highest BCUT2D eigenvalue weighted by atomic mass is 35.6. The van der Waals surface area contributed by atoms with Gasteiger partial charge in [0.2, 0.25) is 3.79 Å². The van der Waals surface area contributed by atoms with Crippen LogP contribution in [0.2, 0.25) is 0 Å². The molecule has 1 radical (unpaired) electrons. The summed E-state index contributed by atoms with van der Waals surface area (Å²) in [6, 6.07) is 0. The molecular formula is C5H6Cl5. The molecule has 0 aromatic rings. The molecule has 10 heavy (non-hydrogen) atoms. The molecule has 0 saturated heterocycles. The van der Waals surface area contributed by atoms with Gasteiger partial charge >= 0.3 is 0 Å². The van der Waals surface area contributed by atoms with E-state index in [4.69, 9.17) is 58.0 Å². The minimum atomic E-state index is -1.65. The summed E-state index contributed by atoms with van der Waals surface area (Å²) in [4.78, 5) is 0. The normalized spacial score (nSPS) is 13.8. The number of hydrogen-bond donors (Lipinski definition) is 0. The van der Waals surface area contributed by atoms with Crippen molar-refractivity contribution in [2.45, 2.75) is 21.0 Å². The molecule has 0 saturated carbocycles. The van der Waals surface area contributed by atoms with Gasteiger partial charge in [0.1, 0.15) is 0 Å². The van der Waals surface area contributed by atoms with E-state index in [1.165, 1.54) is 0 Å². The van der Waals surface area contributed by atoms with E-state index in [0.717, 1.165) is 0 Å². The van der Waals surface area contributed by atoms with E-state index in [1.807, 2.05) is 0 Å². The molecule has 0 bridgehead atoms. The molecule has 5 heteroatoms. The van der Waals surface area contributed by atoms with E-state index < -0.39 is 8.13 Å². The third-order valence-corrected chi connectivity index (χ3v) is 3.40. The Hall–Kier alpha value is 1.45. The molecule has 0 aromatic carbocycles. The SMILES string of the molecule is [CH2]CCC(Cl)(Cl)C(Cl)(Cl)Cl. The second-order valence-corrected chi connectivity index (χ2v) is 5.57. The number of alkyl halides is 5. The van der Waals surface area contributed by atoms with E-state index in [-0.39, 0.29) is 0 Å². The molecule has 0 rings (SSSR count). The molecule has 0 aliphatic heterocycles.